The second kappa shape index (κ2) is 7.70. The van der Waals surface area contributed by atoms with Gasteiger partial charge in [0.05, 0.1) is 21.7 Å². The van der Waals surface area contributed by atoms with Crippen molar-refractivity contribution in [2.75, 3.05) is 24.1 Å². The Labute approximate surface area is 157 Å². The molecule has 0 aliphatic carbocycles. The van der Waals surface area contributed by atoms with Gasteiger partial charge in [-0.2, -0.15) is 0 Å². The van der Waals surface area contributed by atoms with Crippen LogP contribution in [0.5, 0.6) is 0 Å². The summed E-state index contributed by atoms with van der Waals surface area (Å²) in [6, 6.07) is 3.10. The first-order chi connectivity index (χ1) is 11.6. The largest absolute Gasteiger partial charge is 0.444 e. The number of nitrogens with zero attached hydrogens (tertiary/aromatic N) is 1. The minimum absolute atomic E-state index is 0.190. The number of benzene rings is 1. The van der Waals surface area contributed by atoms with E-state index in [-0.39, 0.29) is 27.6 Å². The Morgan fingerprint density at radius 1 is 1.28 bits per heavy atom. The van der Waals surface area contributed by atoms with Gasteiger partial charge in [-0.05, 0) is 45.7 Å². The Morgan fingerprint density at radius 3 is 2.44 bits per heavy atom. The highest BCUT2D eigenvalue weighted by Crippen LogP contribution is 2.31. The SMILES string of the molecule is CC(C)(C)OC(=O)N1CCC[C@@H](C(=O)Nc2cc(Cl)c(N)c(Cl)c2)C1. The Bertz CT molecular complexity index is 651. The lowest BCUT2D eigenvalue weighted by Crippen LogP contribution is -2.45. The van der Waals surface area contributed by atoms with Gasteiger partial charge in [0, 0.05) is 18.8 Å². The molecule has 2 rings (SSSR count). The molecule has 1 saturated heterocycles. The summed E-state index contributed by atoms with van der Waals surface area (Å²) in [6.07, 6.45) is 1.03. The zero-order chi connectivity index (χ0) is 18.8. The van der Waals surface area contributed by atoms with Gasteiger partial charge in [0.25, 0.3) is 0 Å². The maximum Gasteiger partial charge on any atom is 0.410 e. The second-order valence-corrected chi connectivity index (χ2v) is 7.92. The number of amides is 2. The Hall–Kier alpha value is -1.66. The van der Waals surface area contributed by atoms with E-state index in [1.54, 1.807) is 17.0 Å². The van der Waals surface area contributed by atoms with E-state index >= 15 is 0 Å². The summed E-state index contributed by atoms with van der Waals surface area (Å²) in [6.45, 7) is 6.34. The van der Waals surface area contributed by atoms with Gasteiger partial charge in [-0.15, -0.1) is 0 Å². The van der Waals surface area contributed by atoms with Crippen molar-refractivity contribution in [1.82, 2.24) is 4.90 Å². The quantitative estimate of drug-likeness (QED) is 0.745. The van der Waals surface area contributed by atoms with Crippen LogP contribution in [0.25, 0.3) is 0 Å². The maximum atomic E-state index is 12.5. The van der Waals surface area contributed by atoms with Gasteiger partial charge < -0.3 is 20.7 Å². The first kappa shape index (κ1) is 19.7. The average molecular weight is 388 g/mol. The van der Waals surface area contributed by atoms with Crippen molar-refractivity contribution < 1.29 is 14.3 Å². The molecule has 1 aromatic rings. The highest BCUT2D eigenvalue weighted by atomic mass is 35.5. The smallest absolute Gasteiger partial charge is 0.410 e. The molecule has 0 aromatic heterocycles. The fourth-order valence-electron chi connectivity index (χ4n) is 2.58. The molecule has 1 atom stereocenters. The van der Waals surface area contributed by atoms with Crippen LogP contribution in [-0.2, 0) is 9.53 Å². The number of nitrogens with two attached hydrogens (primary N) is 1. The van der Waals surface area contributed by atoms with Gasteiger partial charge in [0.15, 0.2) is 0 Å². The number of likely N-dealkylation sites (tertiary alicyclic amines) is 1. The number of ether oxygens (including phenoxy) is 1. The number of nitrogen functional groups attached to an aromatic ring is 1. The highest BCUT2D eigenvalue weighted by Gasteiger charge is 2.31. The molecule has 1 aromatic carbocycles. The standard InChI is InChI=1S/C17H23Cl2N3O3/c1-17(2,3)25-16(24)22-6-4-5-10(9-22)15(23)21-11-7-12(18)14(20)13(19)8-11/h7-8,10H,4-6,9,20H2,1-3H3,(H,21,23)/t10-/m1/s1. The molecule has 6 nitrogen and oxygen atoms in total. The summed E-state index contributed by atoms with van der Waals surface area (Å²) in [4.78, 5) is 26.3. The molecule has 0 radical (unpaired) electrons. The van der Waals surface area contributed by atoms with Crippen LogP contribution in [0.15, 0.2) is 12.1 Å². The third kappa shape index (κ3) is 5.41. The van der Waals surface area contributed by atoms with Gasteiger partial charge in [0.2, 0.25) is 5.91 Å². The van der Waals surface area contributed by atoms with E-state index in [9.17, 15) is 9.59 Å². The van der Waals surface area contributed by atoms with Crippen molar-refractivity contribution in [1.29, 1.82) is 0 Å². The van der Waals surface area contributed by atoms with Crippen LogP contribution in [0.4, 0.5) is 16.2 Å². The average Bonchev–Trinajstić information content (AvgIpc) is 2.51. The molecule has 1 aliphatic rings. The molecule has 2 amide bonds. The van der Waals surface area contributed by atoms with Crippen LogP contribution >= 0.6 is 23.2 Å². The van der Waals surface area contributed by atoms with Crippen LogP contribution < -0.4 is 11.1 Å². The molecule has 0 saturated carbocycles. The number of nitrogens with one attached hydrogen (secondary N) is 1. The summed E-state index contributed by atoms with van der Waals surface area (Å²) in [7, 11) is 0. The number of carbonyl (C=O) groups is 2. The van der Waals surface area contributed by atoms with Crippen LogP contribution in [-0.4, -0.2) is 35.6 Å². The topological polar surface area (TPSA) is 84.7 Å². The summed E-state index contributed by atoms with van der Waals surface area (Å²) >= 11 is 12.0. The third-order valence-electron chi connectivity index (χ3n) is 3.79. The number of rotatable bonds is 2. The zero-order valence-corrected chi connectivity index (χ0v) is 16.1. The normalized spacial score (nSPS) is 18.0. The molecular weight excluding hydrogens is 365 g/mol. The fourth-order valence-corrected chi connectivity index (χ4v) is 3.07. The third-order valence-corrected chi connectivity index (χ3v) is 4.42. The van der Waals surface area contributed by atoms with Crippen molar-refractivity contribution >= 4 is 46.6 Å². The highest BCUT2D eigenvalue weighted by molar-refractivity contribution is 6.39. The van der Waals surface area contributed by atoms with Crippen LogP contribution in [0.1, 0.15) is 33.6 Å². The van der Waals surface area contributed by atoms with E-state index in [1.165, 1.54) is 0 Å². The minimum Gasteiger partial charge on any atom is -0.444 e. The second-order valence-electron chi connectivity index (χ2n) is 7.11. The van der Waals surface area contributed by atoms with Crippen LogP contribution in [0.3, 0.4) is 0 Å². The molecule has 25 heavy (non-hydrogen) atoms. The number of hydrogen-bond acceptors (Lipinski definition) is 4. The molecule has 138 valence electrons. The van der Waals surface area contributed by atoms with Gasteiger partial charge >= 0.3 is 6.09 Å². The van der Waals surface area contributed by atoms with E-state index in [4.69, 9.17) is 33.7 Å². The summed E-state index contributed by atoms with van der Waals surface area (Å²) in [5.41, 5.74) is 5.87. The van der Waals surface area contributed by atoms with Crippen molar-refractivity contribution in [2.24, 2.45) is 5.92 Å². The maximum absolute atomic E-state index is 12.5. The molecule has 1 fully saturated rings. The predicted molar refractivity (Wildman–Crippen MR) is 100 cm³/mol. The monoisotopic (exact) mass is 387 g/mol. The summed E-state index contributed by atoms with van der Waals surface area (Å²) < 4.78 is 5.37. The van der Waals surface area contributed by atoms with E-state index in [0.717, 1.165) is 6.42 Å². The van der Waals surface area contributed by atoms with Crippen LogP contribution in [0.2, 0.25) is 10.0 Å². The number of piperidine rings is 1. The first-order valence-corrected chi connectivity index (χ1v) is 8.85. The number of hydrogen-bond donors (Lipinski definition) is 2. The van der Waals surface area contributed by atoms with E-state index in [1.807, 2.05) is 20.8 Å². The molecule has 1 heterocycles. The van der Waals surface area contributed by atoms with Crippen LogP contribution in [0, 0.1) is 5.92 Å². The van der Waals surface area contributed by atoms with E-state index in [2.05, 4.69) is 5.32 Å². The summed E-state index contributed by atoms with van der Waals surface area (Å²) in [5.74, 6) is -0.512. The number of anilines is 2. The lowest BCUT2D eigenvalue weighted by Gasteiger charge is -2.33. The van der Waals surface area contributed by atoms with E-state index < -0.39 is 11.7 Å². The Kier molecular flexibility index (Phi) is 6.06. The Morgan fingerprint density at radius 2 is 1.88 bits per heavy atom. The lowest BCUT2D eigenvalue weighted by atomic mass is 9.97. The molecule has 3 N–H and O–H groups in total. The van der Waals surface area contributed by atoms with Gasteiger partial charge in [-0.3, -0.25) is 4.79 Å². The number of carbonyl (C=O) groups excluding carboxylic acids is 2. The van der Waals surface area contributed by atoms with Gasteiger partial charge in [-0.1, -0.05) is 23.2 Å². The van der Waals surface area contributed by atoms with Crippen molar-refractivity contribution in [3.8, 4) is 0 Å². The first-order valence-electron chi connectivity index (χ1n) is 8.10. The van der Waals surface area contributed by atoms with Crippen molar-refractivity contribution in [2.45, 2.75) is 39.2 Å². The summed E-state index contributed by atoms with van der Waals surface area (Å²) in [5, 5.41) is 3.35. The van der Waals surface area contributed by atoms with Gasteiger partial charge in [-0.25, -0.2) is 4.79 Å². The predicted octanol–water partition coefficient (Wildman–Crippen LogP) is 4.16. The molecular formula is C17H23Cl2N3O3. The molecule has 0 bridgehead atoms. The zero-order valence-electron chi connectivity index (χ0n) is 14.6. The van der Waals surface area contributed by atoms with Crippen molar-refractivity contribution in [3.63, 3.8) is 0 Å². The molecule has 8 heteroatoms. The molecule has 0 unspecified atom stereocenters. The molecule has 0 spiro atoms. The van der Waals surface area contributed by atoms with Gasteiger partial charge in [0.1, 0.15) is 5.60 Å². The van der Waals surface area contributed by atoms with Crippen molar-refractivity contribution in [3.05, 3.63) is 22.2 Å². The lowest BCUT2D eigenvalue weighted by molar-refractivity contribution is -0.121. The fraction of sp³-hybridized carbons (Fsp3) is 0.529. The minimum atomic E-state index is -0.566. The Balaban J connectivity index is 2.01. The molecule has 1 aliphatic heterocycles. The number of halogens is 2. The van der Waals surface area contributed by atoms with E-state index in [0.29, 0.717) is 25.2 Å².